The van der Waals surface area contributed by atoms with Gasteiger partial charge in [-0.15, -0.1) is 0 Å². The average molecular weight is 317 g/mol. The predicted molar refractivity (Wildman–Crippen MR) is 85.6 cm³/mol. The second-order valence-corrected chi connectivity index (χ2v) is 5.75. The van der Waals surface area contributed by atoms with Gasteiger partial charge in [-0.25, -0.2) is 0 Å². The molecule has 8 nitrogen and oxygen atoms in total. The monoisotopic (exact) mass is 317 g/mol. The minimum absolute atomic E-state index is 0.0121. The molecule has 122 valence electrons. The number of amides is 1. The summed E-state index contributed by atoms with van der Waals surface area (Å²) >= 11 is 0. The second kappa shape index (κ2) is 6.96. The molecule has 1 saturated heterocycles. The van der Waals surface area contributed by atoms with Crippen LogP contribution in [0.1, 0.15) is 31.2 Å². The first-order valence-corrected chi connectivity index (χ1v) is 7.43. The highest BCUT2D eigenvalue weighted by atomic mass is 16.6. The molecule has 0 spiro atoms. The van der Waals surface area contributed by atoms with Crippen LogP contribution in [0.15, 0.2) is 12.1 Å². The largest absolute Gasteiger partial charge is 0.393 e. The summed E-state index contributed by atoms with van der Waals surface area (Å²) in [4.78, 5) is 23.5. The normalized spacial score (nSPS) is 18.0. The third kappa shape index (κ3) is 3.88. The summed E-state index contributed by atoms with van der Waals surface area (Å²) in [7, 11) is 0. The molecule has 1 atom stereocenters. The maximum Gasteiger partial charge on any atom is 0.309 e. The van der Waals surface area contributed by atoms with Gasteiger partial charge in [0.25, 0.3) is 0 Å². The number of nitriles is 1. The molecule has 1 aromatic carbocycles. The van der Waals surface area contributed by atoms with Gasteiger partial charge in [-0.2, -0.15) is 5.26 Å². The summed E-state index contributed by atoms with van der Waals surface area (Å²) in [5.74, 6) is -0.0434. The van der Waals surface area contributed by atoms with E-state index in [1.54, 1.807) is 0 Å². The third-order valence-corrected chi connectivity index (χ3v) is 4.13. The number of nitrogens with zero attached hydrogens (tertiary/aromatic N) is 3. The molecule has 1 aliphatic heterocycles. The van der Waals surface area contributed by atoms with Crippen molar-refractivity contribution in [1.29, 1.82) is 5.26 Å². The number of nitro groups is 1. The molecule has 0 aliphatic carbocycles. The number of benzene rings is 1. The Morgan fingerprint density at radius 1 is 1.43 bits per heavy atom. The van der Waals surface area contributed by atoms with Crippen molar-refractivity contribution in [3.8, 4) is 6.07 Å². The zero-order valence-electron chi connectivity index (χ0n) is 12.7. The van der Waals surface area contributed by atoms with Crippen LogP contribution in [0.2, 0.25) is 0 Å². The van der Waals surface area contributed by atoms with Gasteiger partial charge in [0.05, 0.1) is 4.92 Å². The fourth-order valence-electron chi connectivity index (χ4n) is 3.02. The fourth-order valence-corrected chi connectivity index (χ4v) is 3.02. The lowest BCUT2D eigenvalue weighted by atomic mass is 9.97. The van der Waals surface area contributed by atoms with Gasteiger partial charge in [-0.05, 0) is 37.3 Å². The van der Waals surface area contributed by atoms with Crippen LogP contribution in [0.4, 0.5) is 17.1 Å². The molecule has 0 radical (unpaired) electrons. The van der Waals surface area contributed by atoms with Crippen molar-refractivity contribution in [1.82, 2.24) is 0 Å². The predicted octanol–water partition coefficient (Wildman–Crippen LogP) is 1.53. The topological polar surface area (TPSA) is 139 Å². The molecule has 8 heteroatoms. The molecule has 1 unspecified atom stereocenters. The summed E-state index contributed by atoms with van der Waals surface area (Å²) in [6, 6.07) is 4.88. The van der Waals surface area contributed by atoms with Crippen molar-refractivity contribution >= 4 is 23.0 Å². The van der Waals surface area contributed by atoms with Gasteiger partial charge in [-0.1, -0.05) is 0 Å². The highest BCUT2D eigenvalue weighted by Gasteiger charge is 2.23. The third-order valence-electron chi connectivity index (χ3n) is 4.13. The van der Waals surface area contributed by atoms with Crippen molar-refractivity contribution in [2.45, 2.75) is 25.7 Å². The molecular formula is C15H19N5O3. The standard InChI is InChI=1S/C15H19N5O3/c16-9-11-7-12(8-13(17)15(11)20(22)23)19-4-1-2-10(3-5-19)6-14(18)21/h7-8,10H,1-6,17H2,(H2,18,21). The Morgan fingerprint density at radius 2 is 2.17 bits per heavy atom. The van der Waals surface area contributed by atoms with E-state index in [9.17, 15) is 14.9 Å². The number of hydrogen-bond donors (Lipinski definition) is 2. The molecule has 1 amide bonds. The van der Waals surface area contributed by atoms with Crippen molar-refractivity contribution in [3.63, 3.8) is 0 Å². The SMILES string of the molecule is N#Cc1cc(N2CCCC(CC(N)=O)CC2)cc(N)c1[N+](=O)[O-]. The quantitative estimate of drug-likeness (QED) is 0.490. The smallest absolute Gasteiger partial charge is 0.309 e. The molecule has 1 aliphatic rings. The molecule has 1 fully saturated rings. The van der Waals surface area contributed by atoms with Crippen molar-refractivity contribution < 1.29 is 9.72 Å². The zero-order chi connectivity index (χ0) is 17.0. The van der Waals surface area contributed by atoms with E-state index in [0.717, 1.165) is 25.8 Å². The Hall–Kier alpha value is -2.82. The van der Waals surface area contributed by atoms with Crippen LogP contribution >= 0.6 is 0 Å². The molecule has 2 rings (SSSR count). The van der Waals surface area contributed by atoms with Gasteiger partial charge >= 0.3 is 5.69 Å². The van der Waals surface area contributed by atoms with E-state index in [1.165, 1.54) is 12.1 Å². The number of anilines is 2. The fraction of sp³-hybridized carbons (Fsp3) is 0.467. The number of hydrogen-bond acceptors (Lipinski definition) is 6. The van der Waals surface area contributed by atoms with E-state index < -0.39 is 4.92 Å². The number of carbonyl (C=O) groups is 1. The van der Waals surface area contributed by atoms with Crippen LogP contribution < -0.4 is 16.4 Å². The van der Waals surface area contributed by atoms with Crippen LogP contribution in [0.5, 0.6) is 0 Å². The summed E-state index contributed by atoms with van der Waals surface area (Å²) in [5.41, 5.74) is 11.3. The van der Waals surface area contributed by atoms with E-state index in [0.29, 0.717) is 18.7 Å². The van der Waals surface area contributed by atoms with Crippen LogP contribution in [0.3, 0.4) is 0 Å². The lowest BCUT2D eigenvalue weighted by Crippen LogP contribution is -2.25. The van der Waals surface area contributed by atoms with Gasteiger partial charge in [0, 0.05) is 25.2 Å². The summed E-state index contributed by atoms with van der Waals surface area (Å²) in [6.07, 6.45) is 2.98. The molecule has 4 N–H and O–H groups in total. The van der Waals surface area contributed by atoms with E-state index >= 15 is 0 Å². The first-order chi connectivity index (χ1) is 10.9. The average Bonchev–Trinajstić information content (AvgIpc) is 2.70. The molecule has 0 saturated carbocycles. The number of nitro benzene ring substituents is 1. The van der Waals surface area contributed by atoms with E-state index in [2.05, 4.69) is 0 Å². The minimum atomic E-state index is -0.636. The van der Waals surface area contributed by atoms with Crippen LogP contribution in [0, 0.1) is 27.4 Å². The van der Waals surface area contributed by atoms with E-state index in [1.807, 2.05) is 11.0 Å². The molecule has 0 bridgehead atoms. The lowest BCUT2D eigenvalue weighted by molar-refractivity contribution is -0.384. The van der Waals surface area contributed by atoms with Crippen molar-refractivity contribution in [2.75, 3.05) is 23.7 Å². The van der Waals surface area contributed by atoms with Gasteiger partial charge in [0.15, 0.2) is 0 Å². The first-order valence-electron chi connectivity index (χ1n) is 7.43. The molecular weight excluding hydrogens is 298 g/mol. The first kappa shape index (κ1) is 16.5. The Bertz CT molecular complexity index is 668. The Balaban J connectivity index is 2.22. The number of rotatable bonds is 4. The Kier molecular flexibility index (Phi) is 5.01. The highest BCUT2D eigenvalue weighted by molar-refractivity contribution is 5.74. The maximum absolute atomic E-state index is 11.1. The number of nitrogens with two attached hydrogens (primary N) is 2. The summed E-state index contributed by atoms with van der Waals surface area (Å²) < 4.78 is 0. The molecule has 0 aromatic heterocycles. The highest BCUT2D eigenvalue weighted by Crippen LogP contribution is 2.33. The van der Waals surface area contributed by atoms with Crippen molar-refractivity contribution in [3.05, 3.63) is 27.8 Å². The van der Waals surface area contributed by atoms with E-state index in [-0.39, 0.29) is 28.8 Å². The summed E-state index contributed by atoms with van der Waals surface area (Å²) in [5, 5.41) is 20.1. The zero-order valence-corrected chi connectivity index (χ0v) is 12.7. The van der Waals surface area contributed by atoms with Crippen molar-refractivity contribution in [2.24, 2.45) is 11.7 Å². The van der Waals surface area contributed by atoms with E-state index in [4.69, 9.17) is 16.7 Å². The van der Waals surface area contributed by atoms with Gasteiger partial charge < -0.3 is 16.4 Å². The number of carbonyl (C=O) groups excluding carboxylic acids is 1. The Morgan fingerprint density at radius 3 is 2.78 bits per heavy atom. The minimum Gasteiger partial charge on any atom is -0.393 e. The Labute approximate surface area is 133 Å². The lowest BCUT2D eigenvalue weighted by Gasteiger charge is -2.23. The van der Waals surface area contributed by atoms with Crippen LogP contribution in [0.25, 0.3) is 0 Å². The summed E-state index contributed by atoms with van der Waals surface area (Å²) in [6.45, 7) is 1.44. The van der Waals surface area contributed by atoms with Gasteiger partial charge in [0.2, 0.25) is 5.91 Å². The van der Waals surface area contributed by atoms with Crippen LogP contribution in [-0.4, -0.2) is 23.9 Å². The molecule has 1 heterocycles. The van der Waals surface area contributed by atoms with Crippen LogP contribution in [-0.2, 0) is 4.79 Å². The number of nitrogen functional groups attached to an aromatic ring is 1. The maximum atomic E-state index is 11.1. The van der Waals surface area contributed by atoms with Gasteiger partial charge in [0.1, 0.15) is 17.3 Å². The van der Waals surface area contributed by atoms with Gasteiger partial charge in [-0.3, -0.25) is 14.9 Å². The number of primary amides is 1. The second-order valence-electron chi connectivity index (χ2n) is 5.75. The molecule has 23 heavy (non-hydrogen) atoms. The molecule has 1 aromatic rings.